The van der Waals surface area contributed by atoms with Crippen LogP contribution in [-0.2, 0) is 28.6 Å². The molecule has 0 aliphatic carbocycles. The second-order valence-corrected chi connectivity index (χ2v) is 19.5. The molecule has 0 saturated heterocycles. The van der Waals surface area contributed by atoms with Crippen LogP contribution < -0.4 is 0 Å². The predicted octanol–water partition coefficient (Wildman–Crippen LogP) is 20.3. The monoisotopic (exact) mass is 999 g/mol. The first-order valence-corrected chi connectivity index (χ1v) is 29.9. The van der Waals surface area contributed by atoms with E-state index in [-0.39, 0.29) is 37.5 Å². The van der Waals surface area contributed by atoms with Crippen LogP contribution in [0.2, 0.25) is 0 Å². The summed E-state index contributed by atoms with van der Waals surface area (Å²) in [5.41, 5.74) is 0. The Labute approximate surface area is 444 Å². The molecule has 0 rings (SSSR count). The van der Waals surface area contributed by atoms with Crippen LogP contribution in [0, 0.1) is 0 Å². The maximum absolute atomic E-state index is 12.9. The Balaban J connectivity index is 4.52. The van der Waals surface area contributed by atoms with Crippen molar-refractivity contribution in [1.82, 2.24) is 0 Å². The maximum Gasteiger partial charge on any atom is 0.306 e. The largest absolute Gasteiger partial charge is 0.462 e. The summed E-state index contributed by atoms with van der Waals surface area (Å²) in [5.74, 6) is -1.00. The van der Waals surface area contributed by atoms with Crippen molar-refractivity contribution in [3.63, 3.8) is 0 Å². The fourth-order valence-electron chi connectivity index (χ4n) is 8.06. The summed E-state index contributed by atoms with van der Waals surface area (Å²) < 4.78 is 16.8. The minimum absolute atomic E-state index is 0.106. The molecule has 6 heteroatoms. The van der Waals surface area contributed by atoms with E-state index in [1.54, 1.807) is 0 Å². The Morgan fingerprint density at radius 1 is 0.292 bits per heavy atom. The molecular weight excluding hydrogens is 889 g/mol. The highest BCUT2D eigenvalue weighted by atomic mass is 16.6. The fourth-order valence-corrected chi connectivity index (χ4v) is 8.06. The van der Waals surface area contributed by atoms with Gasteiger partial charge in [-0.05, 0) is 96.3 Å². The van der Waals surface area contributed by atoms with Crippen molar-refractivity contribution in [2.24, 2.45) is 0 Å². The van der Waals surface area contributed by atoms with Gasteiger partial charge in [0.15, 0.2) is 6.10 Å². The zero-order chi connectivity index (χ0) is 52.2. The highest BCUT2D eigenvalue weighted by Gasteiger charge is 2.19. The molecule has 0 aromatic rings. The summed E-state index contributed by atoms with van der Waals surface area (Å²) in [7, 11) is 0. The van der Waals surface area contributed by atoms with E-state index in [0.29, 0.717) is 19.3 Å². The number of unbranched alkanes of at least 4 members (excludes halogenated alkanes) is 24. The Hall–Kier alpha value is -3.93. The SMILES string of the molecule is CC/C=C\C/C=C\C/C=C\C/C=C\C/C=C\C/C=C\CCC(=O)OCC(COC(=O)CCCCCCCCCCCCCCCCCC)OC(=O)CCCCCCCC/C=C\C/C=C\C/C=C\CCCCC. The minimum atomic E-state index is -0.817. The molecule has 0 amide bonds. The van der Waals surface area contributed by atoms with Gasteiger partial charge in [-0.1, -0.05) is 265 Å². The number of carbonyl (C=O) groups is 3. The van der Waals surface area contributed by atoms with Crippen LogP contribution >= 0.6 is 0 Å². The van der Waals surface area contributed by atoms with Gasteiger partial charge in [-0.25, -0.2) is 0 Å². The van der Waals surface area contributed by atoms with Gasteiger partial charge in [-0.3, -0.25) is 14.4 Å². The normalized spacial score (nSPS) is 12.9. The third-order valence-corrected chi connectivity index (χ3v) is 12.5. The average molecular weight is 1000 g/mol. The Bertz CT molecular complexity index is 1470. The van der Waals surface area contributed by atoms with Gasteiger partial charge < -0.3 is 14.2 Å². The lowest BCUT2D eigenvalue weighted by Crippen LogP contribution is -2.30. The van der Waals surface area contributed by atoms with Gasteiger partial charge in [-0.15, -0.1) is 0 Å². The number of hydrogen-bond acceptors (Lipinski definition) is 6. The van der Waals surface area contributed by atoms with Crippen molar-refractivity contribution < 1.29 is 28.6 Å². The summed E-state index contributed by atoms with van der Waals surface area (Å²) in [5, 5.41) is 0. The van der Waals surface area contributed by atoms with Crippen LogP contribution in [0.5, 0.6) is 0 Å². The molecule has 6 nitrogen and oxygen atoms in total. The van der Waals surface area contributed by atoms with Gasteiger partial charge in [-0.2, -0.15) is 0 Å². The van der Waals surface area contributed by atoms with Crippen LogP contribution in [0.1, 0.15) is 271 Å². The van der Waals surface area contributed by atoms with Crippen molar-refractivity contribution in [1.29, 1.82) is 0 Å². The lowest BCUT2D eigenvalue weighted by atomic mass is 10.0. The smallest absolute Gasteiger partial charge is 0.306 e. The van der Waals surface area contributed by atoms with Gasteiger partial charge in [0.25, 0.3) is 0 Å². The van der Waals surface area contributed by atoms with Crippen LogP contribution in [0.25, 0.3) is 0 Å². The van der Waals surface area contributed by atoms with E-state index in [4.69, 9.17) is 14.2 Å². The second kappa shape index (κ2) is 59.6. The van der Waals surface area contributed by atoms with Gasteiger partial charge in [0.05, 0.1) is 0 Å². The van der Waals surface area contributed by atoms with Crippen molar-refractivity contribution in [3.8, 4) is 0 Å². The van der Waals surface area contributed by atoms with E-state index in [1.807, 2.05) is 6.08 Å². The molecule has 0 N–H and O–H groups in total. The highest BCUT2D eigenvalue weighted by molar-refractivity contribution is 5.71. The standard InChI is InChI=1S/C66H110O6/c1-4-7-10-13-16-19-22-25-28-31-33-35-38-41-44-47-50-53-56-59-65(68)71-62-63(61-70-64(67)58-55-52-49-46-43-40-37-30-27-24-21-18-15-12-9-6-3)72-66(69)60-57-54-51-48-45-42-39-36-34-32-29-26-23-20-17-14-11-8-5-2/h7,10,16-17,19-20,25-26,28-29,33-36,41,44,50,53,63H,4-6,8-9,11-15,18,21-24,27,30-32,37-40,42-43,45-49,51-52,54-62H2,1-3H3/b10-7-,19-16-,20-17-,28-25-,29-26-,35-33-,36-34-,44-41-,53-50-. The molecule has 0 aromatic heterocycles. The van der Waals surface area contributed by atoms with E-state index in [9.17, 15) is 14.4 Å². The summed E-state index contributed by atoms with van der Waals surface area (Å²) in [6.07, 6.45) is 80.9. The minimum Gasteiger partial charge on any atom is -0.462 e. The Morgan fingerprint density at radius 2 is 0.569 bits per heavy atom. The predicted molar refractivity (Wildman–Crippen MR) is 311 cm³/mol. The second-order valence-electron chi connectivity index (χ2n) is 19.5. The molecule has 0 spiro atoms. The summed E-state index contributed by atoms with van der Waals surface area (Å²) in [6.45, 7) is 6.44. The molecule has 72 heavy (non-hydrogen) atoms. The van der Waals surface area contributed by atoms with Gasteiger partial charge in [0, 0.05) is 19.3 Å². The Kier molecular flexibility index (Phi) is 56.4. The molecule has 0 bridgehead atoms. The van der Waals surface area contributed by atoms with E-state index < -0.39 is 6.10 Å². The zero-order valence-electron chi connectivity index (χ0n) is 46.9. The molecular formula is C66H110O6. The van der Waals surface area contributed by atoms with E-state index in [1.165, 1.54) is 122 Å². The number of hydrogen-bond donors (Lipinski definition) is 0. The van der Waals surface area contributed by atoms with Gasteiger partial charge in [0.2, 0.25) is 0 Å². The average Bonchev–Trinajstić information content (AvgIpc) is 3.38. The van der Waals surface area contributed by atoms with Crippen LogP contribution in [0.3, 0.4) is 0 Å². The third-order valence-electron chi connectivity index (χ3n) is 12.5. The third kappa shape index (κ3) is 57.0. The van der Waals surface area contributed by atoms with E-state index in [0.717, 1.165) is 103 Å². The number of rotatable bonds is 53. The Morgan fingerprint density at radius 3 is 0.958 bits per heavy atom. The summed E-state index contributed by atoms with van der Waals surface area (Å²) >= 11 is 0. The molecule has 1 atom stereocenters. The highest BCUT2D eigenvalue weighted by Crippen LogP contribution is 2.15. The van der Waals surface area contributed by atoms with Crippen molar-refractivity contribution >= 4 is 17.9 Å². The number of esters is 3. The van der Waals surface area contributed by atoms with E-state index in [2.05, 4.69) is 124 Å². The lowest BCUT2D eigenvalue weighted by molar-refractivity contribution is -0.166. The first kappa shape index (κ1) is 68.1. The molecule has 0 radical (unpaired) electrons. The number of carbonyl (C=O) groups excluding carboxylic acids is 3. The molecule has 0 aliphatic heterocycles. The number of allylic oxidation sites excluding steroid dienone is 18. The molecule has 0 aliphatic rings. The zero-order valence-corrected chi connectivity index (χ0v) is 46.9. The summed E-state index contributed by atoms with van der Waals surface area (Å²) in [4.78, 5) is 38.2. The van der Waals surface area contributed by atoms with Crippen LogP contribution in [0.4, 0.5) is 0 Å². The molecule has 1 unspecified atom stereocenters. The molecule has 0 fully saturated rings. The fraction of sp³-hybridized carbons (Fsp3) is 0.682. The van der Waals surface area contributed by atoms with Crippen LogP contribution in [-0.4, -0.2) is 37.2 Å². The van der Waals surface area contributed by atoms with Crippen LogP contribution in [0.15, 0.2) is 109 Å². The van der Waals surface area contributed by atoms with Gasteiger partial charge in [0.1, 0.15) is 13.2 Å². The number of ether oxygens (including phenoxy) is 3. The van der Waals surface area contributed by atoms with E-state index >= 15 is 0 Å². The van der Waals surface area contributed by atoms with Crippen molar-refractivity contribution in [2.75, 3.05) is 13.2 Å². The quantitative estimate of drug-likeness (QED) is 0.0261. The molecule has 0 saturated carbocycles. The summed E-state index contributed by atoms with van der Waals surface area (Å²) in [6, 6.07) is 0. The maximum atomic E-state index is 12.9. The van der Waals surface area contributed by atoms with Crippen molar-refractivity contribution in [2.45, 2.75) is 277 Å². The first-order valence-electron chi connectivity index (χ1n) is 29.9. The molecule has 0 heterocycles. The van der Waals surface area contributed by atoms with Gasteiger partial charge >= 0.3 is 17.9 Å². The topological polar surface area (TPSA) is 78.9 Å². The van der Waals surface area contributed by atoms with Crippen molar-refractivity contribution in [3.05, 3.63) is 109 Å². The molecule has 0 aromatic carbocycles. The molecule has 410 valence electrons. The lowest BCUT2D eigenvalue weighted by Gasteiger charge is -2.18. The first-order chi connectivity index (χ1) is 35.5.